The van der Waals surface area contributed by atoms with Gasteiger partial charge in [-0.1, -0.05) is 43.3 Å². The van der Waals surface area contributed by atoms with Gasteiger partial charge in [0, 0.05) is 17.1 Å². The number of fused-ring (bicyclic) bond motifs is 1. The summed E-state index contributed by atoms with van der Waals surface area (Å²) in [7, 11) is 1.63. The van der Waals surface area contributed by atoms with Gasteiger partial charge in [-0.2, -0.15) is 0 Å². The van der Waals surface area contributed by atoms with Crippen LogP contribution in [0.15, 0.2) is 72.9 Å². The highest BCUT2D eigenvalue weighted by Gasteiger charge is 2.19. The maximum absolute atomic E-state index is 13.4. The fourth-order valence-corrected chi connectivity index (χ4v) is 4.02. The minimum Gasteiger partial charge on any atom is -0.497 e. The molecule has 1 amide bonds. The predicted octanol–water partition coefficient (Wildman–Crippen LogP) is 4.97. The molecule has 0 fully saturated rings. The molecule has 4 rings (SSSR count). The summed E-state index contributed by atoms with van der Waals surface area (Å²) in [6, 6.07) is 20.8. The number of ether oxygens (including phenoxy) is 2. The third-order valence-corrected chi connectivity index (χ3v) is 5.79. The summed E-state index contributed by atoms with van der Waals surface area (Å²) >= 11 is 0. The van der Waals surface area contributed by atoms with E-state index >= 15 is 0 Å². The molecule has 1 heterocycles. The summed E-state index contributed by atoms with van der Waals surface area (Å²) in [4.78, 5) is 16.6. The van der Waals surface area contributed by atoms with E-state index in [0.717, 1.165) is 39.8 Å². The van der Waals surface area contributed by atoms with Gasteiger partial charge in [-0.05, 0) is 59.9 Å². The number of benzene rings is 3. The molecular formula is C28H30N2O4. The van der Waals surface area contributed by atoms with Crippen molar-refractivity contribution in [2.45, 2.75) is 25.8 Å². The second kappa shape index (κ2) is 10.9. The summed E-state index contributed by atoms with van der Waals surface area (Å²) < 4.78 is 11.2. The van der Waals surface area contributed by atoms with Crippen molar-refractivity contribution >= 4 is 16.8 Å². The lowest BCUT2D eigenvalue weighted by Gasteiger charge is -2.18. The van der Waals surface area contributed by atoms with E-state index in [0.29, 0.717) is 24.3 Å². The van der Waals surface area contributed by atoms with Gasteiger partial charge >= 0.3 is 0 Å². The molecule has 3 aromatic carbocycles. The van der Waals surface area contributed by atoms with Crippen LogP contribution in [0.2, 0.25) is 0 Å². The molecule has 1 aromatic heterocycles. The Morgan fingerprint density at radius 1 is 1.06 bits per heavy atom. The molecule has 34 heavy (non-hydrogen) atoms. The molecule has 0 saturated carbocycles. The van der Waals surface area contributed by atoms with E-state index in [1.807, 2.05) is 79.9 Å². The van der Waals surface area contributed by atoms with Crippen molar-refractivity contribution in [2.24, 2.45) is 0 Å². The normalized spacial score (nSPS) is 11.9. The van der Waals surface area contributed by atoms with E-state index in [4.69, 9.17) is 9.47 Å². The molecule has 3 N–H and O–H groups in total. The molecule has 6 heteroatoms. The molecule has 1 atom stereocenters. The van der Waals surface area contributed by atoms with Crippen molar-refractivity contribution in [3.63, 3.8) is 0 Å². The zero-order chi connectivity index (χ0) is 23.9. The predicted molar refractivity (Wildman–Crippen MR) is 135 cm³/mol. The summed E-state index contributed by atoms with van der Waals surface area (Å²) in [6.45, 7) is 2.36. The van der Waals surface area contributed by atoms with Gasteiger partial charge in [0.2, 0.25) is 0 Å². The summed E-state index contributed by atoms with van der Waals surface area (Å²) in [6.07, 6.45) is 3.27. The molecule has 0 aliphatic carbocycles. The first kappa shape index (κ1) is 23.4. The molecular weight excluding hydrogens is 428 g/mol. The number of amides is 1. The Morgan fingerprint density at radius 2 is 1.88 bits per heavy atom. The second-order valence-corrected chi connectivity index (χ2v) is 8.21. The van der Waals surface area contributed by atoms with Gasteiger partial charge < -0.3 is 24.9 Å². The topological polar surface area (TPSA) is 83.6 Å². The molecule has 176 valence electrons. The number of aromatic amines is 1. The lowest BCUT2D eigenvalue weighted by atomic mass is 10.0. The number of methoxy groups -OCH3 is 1. The summed E-state index contributed by atoms with van der Waals surface area (Å²) in [5.74, 6) is 0.985. The number of aliphatic hydroxyl groups excluding tert-OH is 1. The van der Waals surface area contributed by atoms with Gasteiger partial charge in [-0.25, -0.2) is 0 Å². The number of aromatic nitrogens is 1. The van der Waals surface area contributed by atoms with Crippen molar-refractivity contribution in [3.8, 4) is 22.6 Å². The highest BCUT2D eigenvalue weighted by Crippen LogP contribution is 2.29. The Hall–Kier alpha value is -3.77. The Labute approximate surface area is 199 Å². The summed E-state index contributed by atoms with van der Waals surface area (Å²) in [5.41, 5.74) is 4.33. The van der Waals surface area contributed by atoms with Crippen molar-refractivity contribution in [2.75, 3.05) is 20.3 Å². The first-order valence-electron chi connectivity index (χ1n) is 11.5. The zero-order valence-corrected chi connectivity index (χ0v) is 19.5. The first-order chi connectivity index (χ1) is 16.6. The largest absolute Gasteiger partial charge is 0.497 e. The first-order valence-corrected chi connectivity index (χ1v) is 11.5. The van der Waals surface area contributed by atoms with Gasteiger partial charge in [0.15, 0.2) is 0 Å². The number of H-pyrrole nitrogens is 1. The molecule has 0 aliphatic heterocycles. The lowest BCUT2D eigenvalue weighted by Crippen LogP contribution is -2.39. The molecule has 6 nitrogen and oxygen atoms in total. The molecule has 0 saturated heterocycles. The monoisotopic (exact) mass is 458 g/mol. The number of carbonyl (C=O) groups excluding carboxylic acids is 1. The van der Waals surface area contributed by atoms with Crippen LogP contribution < -0.4 is 14.8 Å². The minimum atomic E-state index is -0.439. The van der Waals surface area contributed by atoms with Crippen molar-refractivity contribution in [1.82, 2.24) is 10.3 Å². The number of para-hydroxylation sites is 1. The summed E-state index contributed by atoms with van der Waals surface area (Å²) in [5, 5.41) is 14.1. The van der Waals surface area contributed by atoms with Crippen LogP contribution in [0.3, 0.4) is 0 Å². The fraction of sp³-hybridized carbons (Fsp3) is 0.250. The van der Waals surface area contributed by atoms with Gasteiger partial charge in [-0.15, -0.1) is 0 Å². The average Bonchev–Trinajstić information content (AvgIpc) is 3.29. The zero-order valence-electron chi connectivity index (χ0n) is 19.5. The number of carbonyl (C=O) groups is 1. The Balaban J connectivity index is 1.60. The van der Waals surface area contributed by atoms with E-state index in [1.165, 1.54) is 0 Å². The van der Waals surface area contributed by atoms with Gasteiger partial charge in [0.1, 0.15) is 11.5 Å². The number of hydrogen-bond donors (Lipinski definition) is 3. The van der Waals surface area contributed by atoms with Gasteiger partial charge in [-0.3, -0.25) is 4.79 Å². The third-order valence-electron chi connectivity index (χ3n) is 5.79. The SMILES string of the molecule is CCCOc1ccc(-c2cccc(OC)c2)cc1C(=O)NC(CO)Cc1c[nH]c2ccccc12. The van der Waals surface area contributed by atoms with Gasteiger partial charge in [0.05, 0.1) is 31.9 Å². The molecule has 1 unspecified atom stereocenters. The van der Waals surface area contributed by atoms with Gasteiger partial charge in [0.25, 0.3) is 5.91 Å². The van der Waals surface area contributed by atoms with Crippen LogP contribution in [-0.4, -0.2) is 42.4 Å². The highest BCUT2D eigenvalue weighted by atomic mass is 16.5. The van der Waals surface area contributed by atoms with Crippen LogP contribution in [0.5, 0.6) is 11.5 Å². The lowest BCUT2D eigenvalue weighted by molar-refractivity contribution is 0.0912. The third kappa shape index (κ3) is 5.24. The smallest absolute Gasteiger partial charge is 0.255 e. The van der Waals surface area contributed by atoms with Crippen molar-refractivity contribution in [3.05, 3.63) is 84.1 Å². The Morgan fingerprint density at radius 3 is 2.68 bits per heavy atom. The van der Waals surface area contributed by atoms with E-state index in [1.54, 1.807) is 7.11 Å². The number of hydrogen-bond acceptors (Lipinski definition) is 4. The van der Waals surface area contributed by atoms with E-state index in [-0.39, 0.29) is 12.5 Å². The number of aliphatic hydroxyl groups is 1. The quantitative estimate of drug-likeness (QED) is 0.313. The molecule has 4 aromatic rings. The van der Waals surface area contributed by atoms with Crippen LogP contribution in [0, 0.1) is 0 Å². The molecule has 0 radical (unpaired) electrons. The number of nitrogens with one attached hydrogen (secondary N) is 2. The highest BCUT2D eigenvalue weighted by molar-refractivity contribution is 5.98. The Kier molecular flexibility index (Phi) is 7.50. The average molecular weight is 459 g/mol. The Bertz CT molecular complexity index is 1260. The van der Waals surface area contributed by atoms with E-state index in [2.05, 4.69) is 10.3 Å². The molecule has 0 bridgehead atoms. The van der Waals surface area contributed by atoms with Crippen molar-refractivity contribution < 1.29 is 19.4 Å². The van der Waals surface area contributed by atoms with Crippen molar-refractivity contribution in [1.29, 1.82) is 0 Å². The minimum absolute atomic E-state index is 0.175. The molecule has 0 spiro atoms. The van der Waals surface area contributed by atoms with Crippen LogP contribution in [0.25, 0.3) is 22.0 Å². The molecule has 0 aliphatic rings. The van der Waals surface area contributed by atoms with E-state index in [9.17, 15) is 9.90 Å². The van der Waals surface area contributed by atoms with Crippen LogP contribution >= 0.6 is 0 Å². The second-order valence-electron chi connectivity index (χ2n) is 8.21. The maximum Gasteiger partial charge on any atom is 0.255 e. The maximum atomic E-state index is 13.4. The van der Waals surface area contributed by atoms with Crippen LogP contribution in [0.4, 0.5) is 0 Å². The van der Waals surface area contributed by atoms with Crippen LogP contribution in [-0.2, 0) is 6.42 Å². The standard InChI is InChI=1S/C28H30N2O4/c1-3-13-34-27-12-11-20(19-7-6-8-23(15-19)33-2)16-25(27)28(32)30-22(18-31)14-21-17-29-26-10-5-4-9-24(21)26/h4-12,15-17,22,29,31H,3,13-14,18H2,1-2H3,(H,30,32). The number of rotatable bonds is 10. The van der Waals surface area contributed by atoms with Crippen LogP contribution in [0.1, 0.15) is 29.3 Å². The van der Waals surface area contributed by atoms with E-state index < -0.39 is 6.04 Å². The fourth-order valence-electron chi connectivity index (χ4n) is 4.02.